The number of aliphatic hydroxyl groups is 1. The summed E-state index contributed by atoms with van der Waals surface area (Å²) < 4.78 is 13.8. The number of amides is 1. The van der Waals surface area contributed by atoms with Gasteiger partial charge < -0.3 is 15.3 Å². The van der Waals surface area contributed by atoms with Crippen molar-refractivity contribution in [3.63, 3.8) is 0 Å². The highest BCUT2D eigenvalue weighted by Gasteiger charge is 2.19. The highest BCUT2D eigenvalue weighted by Crippen LogP contribution is 2.21. The third-order valence-electron chi connectivity index (χ3n) is 2.83. The fourth-order valence-corrected chi connectivity index (χ4v) is 1.83. The first-order valence-corrected chi connectivity index (χ1v) is 6.58. The molecule has 1 amide bonds. The Morgan fingerprint density at radius 1 is 1.42 bits per heavy atom. The molecule has 0 aliphatic rings. The number of para-hydroxylation sites is 1. The Morgan fingerprint density at radius 3 is 2.74 bits per heavy atom. The molecule has 4 nitrogen and oxygen atoms in total. The molecule has 2 N–H and O–H groups in total. The van der Waals surface area contributed by atoms with Crippen LogP contribution in [-0.4, -0.2) is 42.2 Å². The minimum absolute atomic E-state index is 0.105. The van der Waals surface area contributed by atoms with Crippen LogP contribution in [0.3, 0.4) is 0 Å². The summed E-state index contributed by atoms with van der Waals surface area (Å²) in [6.45, 7) is 5.02. The van der Waals surface area contributed by atoms with E-state index in [1.54, 1.807) is 6.07 Å². The van der Waals surface area contributed by atoms with Crippen molar-refractivity contribution >= 4 is 11.6 Å². The Balaban J connectivity index is 3.03. The molecule has 19 heavy (non-hydrogen) atoms. The molecule has 0 atom stereocenters. The summed E-state index contributed by atoms with van der Waals surface area (Å²) in [7, 11) is 0. The summed E-state index contributed by atoms with van der Waals surface area (Å²) in [4.78, 5) is 13.8. The van der Waals surface area contributed by atoms with E-state index >= 15 is 0 Å². The highest BCUT2D eigenvalue weighted by atomic mass is 19.1. The van der Waals surface area contributed by atoms with Gasteiger partial charge in [-0.25, -0.2) is 4.39 Å². The number of nitrogens with one attached hydrogen (secondary N) is 1. The molecule has 0 aliphatic carbocycles. The molecule has 0 unspecified atom stereocenters. The average molecular weight is 268 g/mol. The van der Waals surface area contributed by atoms with Crippen LogP contribution in [0.15, 0.2) is 18.2 Å². The normalized spacial score (nSPS) is 10.3. The van der Waals surface area contributed by atoms with Crippen molar-refractivity contribution in [2.24, 2.45) is 0 Å². The van der Waals surface area contributed by atoms with Crippen LogP contribution in [0.4, 0.5) is 10.1 Å². The summed E-state index contributed by atoms with van der Waals surface area (Å²) in [5, 5.41) is 11.9. The molecule has 0 radical (unpaired) electrons. The monoisotopic (exact) mass is 268 g/mol. The first-order valence-electron chi connectivity index (χ1n) is 6.58. The molecule has 0 fully saturated rings. The summed E-state index contributed by atoms with van der Waals surface area (Å²) in [5.41, 5.74) is 0.550. The Kier molecular flexibility index (Phi) is 6.29. The summed E-state index contributed by atoms with van der Waals surface area (Å²) in [6.07, 6.45) is 0.843. The SMILES string of the molecule is CCCNc1c(F)cccc1C(=O)N(CC)CCO. The molecule has 0 aliphatic heterocycles. The van der Waals surface area contributed by atoms with Crippen LogP contribution in [0.1, 0.15) is 30.6 Å². The highest BCUT2D eigenvalue weighted by molar-refractivity contribution is 5.99. The van der Waals surface area contributed by atoms with Crippen molar-refractivity contribution in [3.05, 3.63) is 29.6 Å². The molecule has 0 heterocycles. The maximum Gasteiger partial charge on any atom is 0.256 e. The van der Waals surface area contributed by atoms with Crippen molar-refractivity contribution < 1.29 is 14.3 Å². The maximum atomic E-state index is 13.8. The third-order valence-corrected chi connectivity index (χ3v) is 2.83. The minimum atomic E-state index is -0.431. The summed E-state index contributed by atoms with van der Waals surface area (Å²) in [6, 6.07) is 4.45. The fourth-order valence-electron chi connectivity index (χ4n) is 1.83. The quantitative estimate of drug-likeness (QED) is 0.796. The molecule has 0 spiro atoms. The lowest BCUT2D eigenvalue weighted by Crippen LogP contribution is -2.34. The van der Waals surface area contributed by atoms with Crippen LogP contribution in [0.5, 0.6) is 0 Å². The van der Waals surface area contributed by atoms with Gasteiger partial charge in [0.2, 0.25) is 0 Å². The lowest BCUT2D eigenvalue weighted by atomic mass is 10.1. The molecule has 106 valence electrons. The number of carbonyl (C=O) groups excluding carboxylic acids is 1. The number of anilines is 1. The second-order valence-electron chi connectivity index (χ2n) is 4.20. The molecule has 0 bridgehead atoms. The number of rotatable bonds is 7. The van der Waals surface area contributed by atoms with Gasteiger partial charge in [0.1, 0.15) is 5.82 Å². The van der Waals surface area contributed by atoms with Gasteiger partial charge >= 0.3 is 0 Å². The lowest BCUT2D eigenvalue weighted by molar-refractivity contribution is 0.0732. The van der Waals surface area contributed by atoms with Crippen LogP contribution in [0, 0.1) is 5.82 Å². The van der Waals surface area contributed by atoms with Gasteiger partial charge in [-0.3, -0.25) is 4.79 Å². The van der Waals surface area contributed by atoms with E-state index in [2.05, 4.69) is 5.32 Å². The van der Waals surface area contributed by atoms with E-state index in [-0.39, 0.29) is 24.7 Å². The molecule has 0 saturated heterocycles. The molecule has 5 heteroatoms. The smallest absolute Gasteiger partial charge is 0.256 e. The Hall–Kier alpha value is -1.62. The second-order valence-corrected chi connectivity index (χ2v) is 4.20. The predicted molar refractivity (Wildman–Crippen MR) is 73.8 cm³/mol. The van der Waals surface area contributed by atoms with Gasteiger partial charge in [0.05, 0.1) is 17.9 Å². The predicted octanol–water partition coefficient (Wildman–Crippen LogP) is 2.10. The standard InChI is InChI=1S/C14H21FN2O2/c1-3-8-16-13-11(6-5-7-12(13)15)14(19)17(4-2)9-10-18/h5-7,16,18H,3-4,8-10H2,1-2H3. The topological polar surface area (TPSA) is 52.6 Å². The van der Waals surface area contributed by atoms with Crippen molar-refractivity contribution in [1.29, 1.82) is 0 Å². The van der Waals surface area contributed by atoms with Gasteiger partial charge in [-0.05, 0) is 25.5 Å². The van der Waals surface area contributed by atoms with Crippen LogP contribution in [0.25, 0.3) is 0 Å². The molecular formula is C14H21FN2O2. The van der Waals surface area contributed by atoms with Crippen molar-refractivity contribution in [1.82, 2.24) is 4.90 Å². The second kappa shape index (κ2) is 7.74. The molecule has 0 aromatic heterocycles. The fraction of sp³-hybridized carbons (Fsp3) is 0.500. The van der Waals surface area contributed by atoms with E-state index in [1.807, 2.05) is 13.8 Å². The molecular weight excluding hydrogens is 247 g/mol. The van der Waals surface area contributed by atoms with Gasteiger partial charge in [-0.15, -0.1) is 0 Å². The van der Waals surface area contributed by atoms with Gasteiger partial charge in [0, 0.05) is 19.6 Å². The van der Waals surface area contributed by atoms with Gasteiger partial charge in [-0.2, -0.15) is 0 Å². The Labute approximate surface area is 113 Å². The van der Waals surface area contributed by atoms with Crippen LogP contribution in [0.2, 0.25) is 0 Å². The zero-order valence-corrected chi connectivity index (χ0v) is 11.4. The number of benzene rings is 1. The van der Waals surface area contributed by atoms with Crippen LogP contribution >= 0.6 is 0 Å². The van der Waals surface area contributed by atoms with Crippen LogP contribution in [-0.2, 0) is 0 Å². The molecule has 1 aromatic rings. The van der Waals surface area contributed by atoms with Crippen LogP contribution < -0.4 is 5.32 Å². The Bertz CT molecular complexity index is 424. The average Bonchev–Trinajstić information content (AvgIpc) is 2.42. The van der Waals surface area contributed by atoms with E-state index in [1.165, 1.54) is 17.0 Å². The molecule has 0 saturated carbocycles. The Morgan fingerprint density at radius 2 is 2.16 bits per heavy atom. The number of hydrogen-bond acceptors (Lipinski definition) is 3. The number of hydrogen-bond donors (Lipinski definition) is 2. The van der Waals surface area contributed by atoms with E-state index < -0.39 is 5.82 Å². The van der Waals surface area contributed by atoms with E-state index in [0.29, 0.717) is 18.7 Å². The number of aliphatic hydroxyl groups excluding tert-OH is 1. The van der Waals surface area contributed by atoms with E-state index in [0.717, 1.165) is 6.42 Å². The van der Waals surface area contributed by atoms with Gasteiger partial charge in [-0.1, -0.05) is 13.0 Å². The number of likely N-dealkylation sites (N-methyl/N-ethyl adjacent to an activating group) is 1. The number of carbonyl (C=O) groups is 1. The number of nitrogens with zero attached hydrogens (tertiary/aromatic N) is 1. The van der Waals surface area contributed by atoms with Gasteiger partial charge in [0.25, 0.3) is 5.91 Å². The van der Waals surface area contributed by atoms with E-state index in [4.69, 9.17) is 5.11 Å². The molecule has 1 aromatic carbocycles. The minimum Gasteiger partial charge on any atom is -0.395 e. The van der Waals surface area contributed by atoms with E-state index in [9.17, 15) is 9.18 Å². The summed E-state index contributed by atoms with van der Waals surface area (Å²) in [5.74, 6) is -0.700. The maximum absolute atomic E-state index is 13.8. The van der Waals surface area contributed by atoms with Crippen molar-refractivity contribution in [2.75, 3.05) is 31.6 Å². The van der Waals surface area contributed by atoms with Crippen molar-refractivity contribution in [2.45, 2.75) is 20.3 Å². The molecule has 1 rings (SSSR count). The lowest BCUT2D eigenvalue weighted by Gasteiger charge is -2.21. The third kappa shape index (κ3) is 3.92. The number of halogens is 1. The first-order chi connectivity index (χ1) is 9.15. The van der Waals surface area contributed by atoms with Crippen molar-refractivity contribution in [3.8, 4) is 0 Å². The first kappa shape index (κ1) is 15.4. The largest absolute Gasteiger partial charge is 0.395 e. The zero-order valence-electron chi connectivity index (χ0n) is 11.4. The summed E-state index contributed by atoms with van der Waals surface area (Å²) >= 11 is 0. The van der Waals surface area contributed by atoms with Gasteiger partial charge in [0.15, 0.2) is 0 Å². The zero-order chi connectivity index (χ0) is 14.3.